The molecule has 1 unspecified atom stereocenters. The van der Waals surface area contributed by atoms with Gasteiger partial charge in [-0.15, -0.1) is 0 Å². The molecule has 0 saturated carbocycles. The second-order valence-corrected chi connectivity index (χ2v) is 4.32. The maximum atomic E-state index is 10.6. The van der Waals surface area contributed by atoms with Crippen LogP contribution >= 0.6 is 0 Å². The predicted molar refractivity (Wildman–Crippen MR) is 69.6 cm³/mol. The molecule has 1 aromatic rings. The normalized spacial score (nSPS) is 12.4. The van der Waals surface area contributed by atoms with Crippen LogP contribution in [-0.2, 0) is 11.3 Å². The first-order valence-corrected chi connectivity index (χ1v) is 5.82. The fourth-order valence-corrected chi connectivity index (χ4v) is 1.64. The van der Waals surface area contributed by atoms with Gasteiger partial charge in [-0.1, -0.05) is 12.1 Å². The van der Waals surface area contributed by atoms with Crippen molar-refractivity contribution in [2.75, 3.05) is 20.7 Å². The van der Waals surface area contributed by atoms with Gasteiger partial charge < -0.3 is 20.5 Å². The van der Waals surface area contributed by atoms with Crippen LogP contribution < -0.4 is 10.5 Å². The lowest BCUT2D eigenvalue weighted by Gasteiger charge is -2.18. The number of carboxylic acids is 1. The fraction of sp³-hybridized carbons (Fsp3) is 0.462. The van der Waals surface area contributed by atoms with E-state index >= 15 is 0 Å². The third-order valence-electron chi connectivity index (χ3n) is 2.73. The smallest absolute Gasteiger partial charge is 0.320 e. The summed E-state index contributed by atoms with van der Waals surface area (Å²) in [5.74, 6) is -0.132. The monoisotopic (exact) mass is 252 g/mol. The Bertz CT molecular complexity index is 396. The predicted octanol–water partition coefficient (Wildman–Crippen LogP) is 0.929. The van der Waals surface area contributed by atoms with E-state index in [1.807, 2.05) is 36.2 Å². The molecule has 5 nitrogen and oxygen atoms in total. The lowest BCUT2D eigenvalue weighted by Crippen LogP contribution is -2.34. The highest BCUT2D eigenvalue weighted by atomic mass is 16.5. The zero-order valence-corrected chi connectivity index (χ0v) is 10.8. The van der Waals surface area contributed by atoms with Crippen molar-refractivity contribution in [2.24, 2.45) is 5.73 Å². The molecule has 0 aliphatic heterocycles. The van der Waals surface area contributed by atoms with Crippen molar-refractivity contribution in [1.29, 1.82) is 0 Å². The van der Waals surface area contributed by atoms with Gasteiger partial charge in [-0.05, 0) is 31.2 Å². The molecule has 0 aliphatic carbocycles. The second kappa shape index (κ2) is 6.98. The number of aliphatic carboxylic acids is 1. The van der Waals surface area contributed by atoms with E-state index in [9.17, 15) is 4.79 Å². The van der Waals surface area contributed by atoms with Crippen molar-refractivity contribution in [1.82, 2.24) is 4.90 Å². The van der Waals surface area contributed by atoms with Crippen LogP contribution in [0.1, 0.15) is 12.0 Å². The molecule has 1 atom stereocenters. The number of nitrogens with two attached hydrogens (primary N) is 1. The summed E-state index contributed by atoms with van der Waals surface area (Å²) >= 11 is 0. The summed E-state index contributed by atoms with van der Waals surface area (Å²) in [7, 11) is 3.57. The Labute approximate surface area is 107 Å². The van der Waals surface area contributed by atoms with Gasteiger partial charge in [0.2, 0.25) is 0 Å². The highest BCUT2D eigenvalue weighted by Gasteiger charge is 2.12. The van der Waals surface area contributed by atoms with Crippen LogP contribution in [0.15, 0.2) is 24.3 Å². The summed E-state index contributed by atoms with van der Waals surface area (Å²) in [4.78, 5) is 12.6. The highest BCUT2D eigenvalue weighted by molar-refractivity contribution is 5.72. The van der Waals surface area contributed by atoms with Crippen LogP contribution in [0.5, 0.6) is 5.75 Å². The summed E-state index contributed by atoms with van der Waals surface area (Å²) in [6.07, 6.45) is 0.440. The number of carbonyl (C=O) groups is 1. The molecule has 0 spiro atoms. The molecule has 0 radical (unpaired) electrons. The standard InChI is InChI=1S/C13H20N2O3/c1-15(7-6-12(14)13(16)17)9-10-4-3-5-11(8-10)18-2/h3-5,8,12H,6-7,9,14H2,1-2H3,(H,16,17). The molecule has 100 valence electrons. The van der Waals surface area contributed by atoms with Crippen LogP contribution in [0, 0.1) is 0 Å². The Hall–Kier alpha value is -1.59. The number of carboxylic acid groups (broad SMARTS) is 1. The molecular weight excluding hydrogens is 232 g/mol. The number of hydrogen-bond acceptors (Lipinski definition) is 4. The summed E-state index contributed by atoms with van der Waals surface area (Å²) in [6, 6.07) is 7.01. The maximum absolute atomic E-state index is 10.6. The Morgan fingerprint density at radius 2 is 2.28 bits per heavy atom. The van der Waals surface area contributed by atoms with Crippen molar-refractivity contribution in [3.8, 4) is 5.75 Å². The van der Waals surface area contributed by atoms with Crippen LogP contribution in [0.4, 0.5) is 0 Å². The topological polar surface area (TPSA) is 75.8 Å². The number of rotatable bonds is 7. The minimum atomic E-state index is -0.954. The Morgan fingerprint density at radius 3 is 2.89 bits per heavy atom. The molecule has 0 heterocycles. The highest BCUT2D eigenvalue weighted by Crippen LogP contribution is 2.13. The largest absolute Gasteiger partial charge is 0.497 e. The summed E-state index contributed by atoms with van der Waals surface area (Å²) in [5.41, 5.74) is 6.58. The average molecular weight is 252 g/mol. The van der Waals surface area contributed by atoms with E-state index in [1.165, 1.54) is 0 Å². The van der Waals surface area contributed by atoms with Gasteiger partial charge in [0.1, 0.15) is 11.8 Å². The molecule has 18 heavy (non-hydrogen) atoms. The summed E-state index contributed by atoms with van der Waals surface area (Å²) < 4.78 is 5.15. The first-order valence-electron chi connectivity index (χ1n) is 5.82. The van der Waals surface area contributed by atoms with Gasteiger partial charge in [0.25, 0.3) is 0 Å². The molecule has 5 heteroatoms. The average Bonchev–Trinajstić information content (AvgIpc) is 2.36. The number of nitrogens with zero attached hydrogens (tertiary/aromatic N) is 1. The van der Waals surface area contributed by atoms with E-state index < -0.39 is 12.0 Å². The summed E-state index contributed by atoms with van der Waals surface area (Å²) in [6.45, 7) is 1.38. The van der Waals surface area contributed by atoms with E-state index in [1.54, 1.807) is 7.11 Å². The van der Waals surface area contributed by atoms with Gasteiger partial charge in [-0.2, -0.15) is 0 Å². The quantitative estimate of drug-likeness (QED) is 0.755. The Kier molecular flexibility index (Phi) is 5.61. The Morgan fingerprint density at radius 1 is 1.56 bits per heavy atom. The number of methoxy groups -OCH3 is 1. The molecule has 0 saturated heterocycles. The van der Waals surface area contributed by atoms with E-state index in [4.69, 9.17) is 15.6 Å². The third kappa shape index (κ3) is 4.73. The number of hydrogen-bond donors (Lipinski definition) is 2. The summed E-state index contributed by atoms with van der Waals surface area (Å²) in [5, 5.41) is 8.69. The molecule has 1 aromatic carbocycles. The van der Waals surface area contributed by atoms with Crippen molar-refractivity contribution < 1.29 is 14.6 Å². The maximum Gasteiger partial charge on any atom is 0.320 e. The van der Waals surface area contributed by atoms with Crippen molar-refractivity contribution in [2.45, 2.75) is 19.0 Å². The van der Waals surface area contributed by atoms with Gasteiger partial charge >= 0.3 is 5.97 Å². The molecule has 0 aliphatic rings. The van der Waals surface area contributed by atoms with Gasteiger partial charge in [0.05, 0.1) is 7.11 Å². The van der Waals surface area contributed by atoms with Crippen LogP contribution in [0.25, 0.3) is 0 Å². The van der Waals surface area contributed by atoms with Crippen LogP contribution in [0.2, 0.25) is 0 Å². The SMILES string of the molecule is COc1cccc(CN(C)CCC(N)C(=O)O)c1. The molecule has 0 amide bonds. The van der Waals surface area contributed by atoms with Gasteiger partial charge in [-0.25, -0.2) is 0 Å². The first-order chi connectivity index (χ1) is 8.52. The zero-order valence-electron chi connectivity index (χ0n) is 10.8. The Balaban J connectivity index is 2.44. The number of benzene rings is 1. The minimum Gasteiger partial charge on any atom is -0.497 e. The molecule has 1 rings (SSSR count). The molecular formula is C13H20N2O3. The van der Waals surface area contributed by atoms with Gasteiger partial charge in [-0.3, -0.25) is 4.79 Å². The van der Waals surface area contributed by atoms with Gasteiger partial charge in [0, 0.05) is 13.1 Å². The van der Waals surface area contributed by atoms with E-state index in [-0.39, 0.29) is 0 Å². The van der Waals surface area contributed by atoms with Gasteiger partial charge in [0.15, 0.2) is 0 Å². The zero-order chi connectivity index (χ0) is 13.5. The van der Waals surface area contributed by atoms with E-state index in [2.05, 4.69) is 0 Å². The molecule has 0 bridgehead atoms. The minimum absolute atomic E-state index is 0.440. The van der Waals surface area contributed by atoms with E-state index in [0.717, 1.165) is 17.9 Å². The molecule has 0 aromatic heterocycles. The lowest BCUT2D eigenvalue weighted by molar-refractivity contribution is -0.138. The van der Waals surface area contributed by atoms with Crippen LogP contribution in [-0.4, -0.2) is 42.7 Å². The molecule has 0 fully saturated rings. The van der Waals surface area contributed by atoms with Crippen molar-refractivity contribution in [3.63, 3.8) is 0 Å². The van der Waals surface area contributed by atoms with Crippen molar-refractivity contribution >= 4 is 5.97 Å². The fourth-order valence-electron chi connectivity index (χ4n) is 1.64. The first kappa shape index (κ1) is 14.5. The van der Waals surface area contributed by atoms with Crippen LogP contribution in [0.3, 0.4) is 0 Å². The second-order valence-electron chi connectivity index (χ2n) is 4.32. The van der Waals surface area contributed by atoms with E-state index in [0.29, 0.717) is 13.0 Å². The van der Waals surface area contributed by atoms with Crippen molar-refractivity contribution in [3.05, 3.63) is 29.8 Å². The molecule has 3 N–H and O–H groups in total. The lowest BCUT2D eigenvalue weighted by atomic mass is 10.2. The number of ether oxygens (including phenoxy) is 1. The third-order valence-corrected chi connectivity index (χ3v) is 2.73.